The maximum Gasteiger partial charge on any atom is 0.251 e. The lowest BCUT2D eigenvalue weighted by Gasteiger charge is -2.35. The van der Waals surface area contributed by atoms with E-state index in [2.05, 4.69) is 27.1 Å². The fourth-order valence-corrected chi connectivity index (χ4v) is 4.72. The van der Waals surface area contributed by atoms with Gasteiger partial charge in [-0.05, 0) is 30.2 Å². The van der Waals surface area contributed by atoms with E-state index in [1.165, 1.54) is 19.2 Å². The largest absolute Gasteiger partial charge is 0.383 e. The number of hydrogen-bond acceptors (Lipinski definition) is 6. The number of ether oxygens (including phenoxy) is 2. The van der Waals surface area contributed by atoms with Crippen LogP contribution in [-0.2, 0) is 19.5 Å². The predicted octanol–water partition coefficient (Wildman–Crippen LogP) is 1.72. The van der Waals surface area contributed by atoms with Crippen molar-refractivity contribution < 1.29 is 22.7 Å². The minimum atomic E-state index is -3.73. The number of carbonyl (C=O) groups excluding carboxylic acids is 1. The van der Waals surface area contributed by atoms with Gasteiger partial charge in [0, 0.05) is 38.9 Å². The van der Waals surface area contributed by atoms with Crippen molar-refractivity contribution in [3.8, 4) is 0 Å². The molecule has 2 aromatic carbocycles. The monoisotopic (exact) mass is 461 g/mol. The van der Waals surface area contributed by atoms with E-state index in [1.807, 2.05) is 18.2 Å². The summed E-state index contributed by atoms with van der Waals surface area (Å²) in [5.74, 6) is -0.300. The molecule has 8 nitrogen and oxygen atoms in total. The topological polar surface area (TPSA) is 97.0 Å². The van der Waals surface area contributed by atoms with Crippen molar-refractivity contribution in [2.24, 2.45) is 0 Å². The number of sulfonamides is 1. The number of hydrogen-bond donors (Lipinski definition) is 2. The average Bonchev–Trinajstić information content (AvgIpc) is 2.81. The summed E-state index contributed by atoms with van der Waals surface area (Å²) in [5.41, 5.74) is 2.17. The number of methoxy groups -OCH3 is 1. The minimum Gasteiger partial charge on any atom is -0.383 e. The van der Waals surface area contributed by atoms with Crippen molar-refractivity contribution in [1.82, 2.24) is 14.9 Å². The van der Waals surface area contributed by atoms with Crippen LogP contribution in [0.5, 0.6) is 0 Å². The summed E-state index contributed by atoms with van der Waals surface area (Å²) in [7, 11) is -2.23. The molecule has 3 rings (SSSR count). The minimum absolute atomic E-state index is 0.00646. The molecule has 2 N–H and O–H groups in total. The third-order valence-corrected chi connectivity index (χ3v) is 6.95. The number of rotatable bonds is 10. The lowest BCUT2D eigenvalue weighted by Crippen LogP contribution is -2.43. The number of morpholine rings is 1. The maximum absolute atomic E-state index is 13.0. The van der Waals surface area contributed by atoms with Crippen molar-refractivity contribution in [2.45, 2.75) is 17.9 Å². The first-order valence-electron chi connectivity index (χ1n) is 10.7. The Morgan fingerprint density at radius 3 is 2.56 bits per heavy atom. The van der Waals surface area contributed by atoms with Crippen LogP contribution in [-0.4, -0.2) is 72.3 Å². The maximum atomic E-state index is 13.0. The van der Waals surface area contributed by atoms with Crippen molar-refractivity contribution in [1.29, 1.82) is 0 Å². The van der Waals surface area contributed by atoms with Gasteiger partial charge >= 0.3 is 0 Å². The van der Waals surface area contributed by atoms with E-state index in [-0.39, 0.29) is 30.0 Å². The second kappa shape index (κ2) is 11.5. The number of nitrogens with zero attached hydrogens (tertiary/aromatic N) is 1. The molecule has 1 aliphatic heterocycles. The average molecular weight is 462 g/mol. The van der Waals surface area contributed by atoms with Crippen molar-refractivity contribution >= 4 is 15.9 Å². The third kappa shape index (κ3) is 6.36. The summed E-state index contributed by atoms with van der Waals surface area (Å²) in [6.07, 6.45) is 0. The Hall–Kier alpha value is -2.30. The number of aryl methyl sites for hydroxylation is 1. The summed E-state index contributed by atoms with van der Waals surface area (Å²) in [5, 5.41) is 3.01. The SMILES string of the molecule is COCCNS(=O)(=O)c1ccc(C)c(C(=O)NCC(c2ccccc2)N2CCOCC2)c1. The van der Waals surface area contributed by atoms with Gasteiger partial charge in [0.15, 0.2) is 0 Å². The van der Waals surface area contributed by atoms with Crippen LogP contribution in [0.3, 0.4) is 0 Å². The quantitative estimate of drug-likeness (QED) is 0.523. The molecule has 1 heterocycles. The Bertz CT molecular complexity index is 992. The van der Waals surface area contributed by atoms with Crippen LogP contribution in [0, 0.1) is 6.92 Å². The van der Waals surface area contributed by atoms with E-state index in [1.54, 1.807) is 13.0 Å². The molecule has 1 unspecified atom stereocenters. The van der Waals surface area contributed by atoms with E-state index < -0.39 is 10.0 Å². The van der Waals surface area contributed by atoms with Crippen LogP contribution in [0.1, 0.15) is 27.5 Å². The first-order valence-corrected chi connectivity index (χ1v) is 12.1. The molecular weight excluding hydrogens is 430 g/mol. The van der Waals surface area contributed by atoms with E-state index in [9.17, 15) is 13.2 Å². The molecule has 2 aromatic rings. The first kappa shape index (κ1) is 24.3. The molecular formula is C23H31N3O5S. The van der Waals surface area contributed by atoms with Gasteiger partial charge in [0.2, 0.25) is 10.0 Å². The normalized spacial score (nSPS) is 15.9. The molecule has 1 saturated heterocycles. The summed E-state index contributed by atoms with van der Waals surface area (Å²) in [4.78, 5) is 15.4. The Kier molecular flexibility index (Phi) is 8.77. The van der Waals surface area contributed by atoms with E-state index in [4.69, 9.17) is 9.47 Å². The number of benzene rings is 2. The molecule has 0 spiro atoms. The fraction of sp³-hybridized carbons (Fsp3) is 0.435. The standard InChI is InChI=1S/C23H31N3O5S/c1-18-8-9-20(32(28,29)25-10-13-30-2)16-21(18)23(27)24-17-22(19-6-4-3-5-7-19)26-11-14-31-15-12-26/h3-9,16,22,25H,10-15,17H2,1-2H3,(H,24,27). The van der Waals surface area contributed by atoms with Crippen LogP contribution < -0.4 is 10.0 Å². The lowest BCUT2D eigenvalue weighted by atomic mass is 10.0. The first-order chi connectivity index (χ1) is 15.4. The zero-order valence-corrected chi connectivity index (χ0v) is 19.4. The van der Waals surface area contributed by atoms with E-state index in [0.29, 0.717) is 30.9 Å². The number of amides is 1. The van der Waals surface area contributed by atoms with Gasteiger partial charge in [-0.1, -0.05) is 36.4 Å². The molecule has 9 heteroatoms. The molecule has 32 heavy (non-hydrogen) atoms. The second-order valence-electron chi connectivity index (χ2n) is 7.65. The van der Waals surface area contributed by atoms with Gasteiger partial charge in [-0.15, -0.1) is 0 Å². The Labute approximate surface area is 190 Å². The highest BCUT2D eigenvalue weighted by Crippen LogP contribution is 2.22. The third-order valence-electron chi connectivity index (χ3n) is 5.49. The molecule has 1 atom stereocenters. The Morgan fingerprint density at radius 1 is 1.16 bits per heavy atom. The van der Waals surface area contributed by atoms with Gasteiger partial charge in [0.05, 0.1) is 30.8 Å². The second-order valence-corrected chi connectivity index (χ2v) is 9.42. The molecule has 0 radical (unpaired) electrons. The highest BCUT2D eigenvalue weighted by Gasteiger charge is 2.24. The predicted molar refractivity (Wildman–Crippen MR) is 122 cm³/mol. The van der Waals surface area contributed by atoms with Crippen LogP contribution in [0.4, 0.5) is 0 Å². The van der Waals surface area contributed by atoms with Crippen molar-refractivity contribution in [2.75, 3.05) is 53.1 Å². The smallest absolute Gasteiger partial charge is 0.251 e. The molecule has 0 aliphatic carbocycles. The lowest BCUT2D eigenvalue weighted by molar-refractivity contribution is 0.0162. The van der Waals surface area contributed by atoms with E-state index >= 15 is 0 Å². The summed E-state index contributed by atoms with van der Waals surface area (Å²) < 4.78 is 37.9. The van der Waals surface area contributed by atoms with Gasteiger partial charge in [0.1, 0.15) is 0 Å². The Morgan fingerprint density at radius 2 is 1.88 bits per heavy atom. The van der Waals surface area contributed by atoms with Crippen LogP contribution in [0.25, 0.3) is 0 Å². The van der Waals surface area contributed by atoms with Gasteiger partial charge in [-0.3, -0.25) is 9.69 Å². The molecule has 0 saturated carbocycles. The highest BCUT2D eigenvalue weighted by molar-refractivity contribution is 7.89. The van der Waals surface area contributed by atoms with Gasteiger partial charge < -0.3 is 14.8 Å². The van der Waals surface area contributed by atoms with Crippen LogP contribution in [0.2, 0.25) is 0 Å². The van der Waals surface area contributed by atoms with Gasteiger partial charge in [0.25, 0.3) is 5.91 Å². The number of carbonyl (C=O) groups is 1. The van der Waals surface area contributed by atoms with Crippen LogP contribution in [0.15, 0.2) is 53.4 Å². The van der Waals surface area contributed by atoms with Crippen LogP contribution >= 0.6 is 0 Å². The molecule has 174 valence electrons. The number of nitrogens with one attached hydrogen (secondary N) is 2. The molecule has 1 fully saturated rings. The van der Waals surface area contributed by atoms with Gasteiger partial charge in [-0.25, -0.2) is 13.1 Å². The molecule has 1 aliphatic rings. The van der Waals surface area contributed by atoms with Crippen molar-refractivity contribution in [3.05, 3.63) is 65.2 Å². The summed E-state index contributed by atoms with van der Waals surface area (Å²) in [6.45, 7) is 5.52. The zero-order valence-electron chi connectivity index (χ0n) is 18.5. The molecule has 1 amide bonds. The van der Waals surface area contributed by atoms with E-state index in [0.717, 1.165) is 18.7 Å². The van der Waals surface area contributed by atoms with Gasteiger partial charge in [-0.2, -0.15) is 0 Å². The molecule has 0 bridgehead atoms. The summed E-state index contributed by atoms with van der Waals surface area (Å²) in [6, 6.07) is 14.6. The van der Waals surface area contributed by atoms with Crippen molar-refractivity contribution in [3.63, 3.8) is 0 Å². The highest BCUT2D eigenvalue weighted by atomic mass is 32.2. The Balaban J connectivity index is 1.75. The fourth-order valence-electron chi connectivity index (χ4n) is 3.68. The molecule has 0 aromatic heterocycles. The summed E-state index contributed by atoms with van der Waals surface area (Å²) >= 11 is 0. The zero-order chi connectivity index (χ0) is 23.0.